The Kier molecular flexibility index (Phi) is 5.09. The van der Waals surface area contributed by atoms with E-state index < -0.39 is 0 Å². The van der Waals surface area contributed by atoms with Crippen LogP contribution >= 0.6 is 0 Å². The molecule has 5 nitrogen and oxygen atoms in total. The fourth-order valence-corrected chi connectivity index (χ4v) is 4.10. The monoisotopic (exact) mass is 354 g/mol. The number of benzene rings is 1. The molecule has 0 N–H and O–H groups in total. The Balaban J connectivity index is 1.37. The van der Waals surface area contributed by atoms with Gasteiger partial charge in [-0.25, -0.2) is 4.98 Å². The highest BCUT2D eigenvalue weighted by Crippen LogP contribution is 2.36. The minimum atomic E-state index is -0.0867. The van der Waals surface area contributed by atoms with E-state index in [1.54, 1.807) is 13.3 Å². The summed E-state index contributed by atoms with van der Waals surface area (Å²) in [4.78, 5) is 6.75. The largest absolute Gasteiger partial charge is 0.497 e. The first-order chi connectivity index (χ1) is 12.7. The lowest BCUT2D eigenvalue weighted by molar-refractivity contribution is -0.0538. The SMILES string of the molecule is COc1cccc(CN2CCC[C@@]3(C[C@@H](Oc4ccccn4)CO3)C2)c1. The first-order valence-electron chi connectivity index (χ1n) is 9.32. The predicted molar refractivity (Wildman–Crippen MR) is 99.5 cm³/mol. The molecule has 2 fully saturated rings. The molecule has 1 spiro atoms. The number of ether oxygens (including phenoxy) is 3. The topological polar surface area (TPSA) is 43.8 Å². The molecule has 3 heterocycles. The molecule has 0 radical (unpaired) electrons. The van der Waals surface area contributed by atoms with Crippen molar-refractivity contribution in [3.05, 3.63) is 54.2 Å². The Morgan fingerprint density at radius 2 is 2.23 bits per heavy atom. The molecule has 0 aliphatic carbocycles. The molecule has 0 unspecified atom stereocenters. The molecule has 138 valence electrons. The summed E-state index contributed by atoms with van der Waals surface area (Å²) in [7, 11) is 1.71. The molecule has 26 heavy (non-hydrogen) atoms. The smallest absolute Gasteiger partial charge is 0.213 e. The zero-order valence-corrected chi connectivity index (χ0v) is 15.3. The molecule has 2 aliphatic rings. The molecule has 2 saturated heterocycles. The first-order valence-corrected chi connectivity index (χ1v) is 9.32. The minimum absolute atomic E-state index is 0.0849. The van der Waals surface area contributed by atoms with E-state index in [0.29, 0.717) is 12.5 Å². The normalized spacial score (nSPS) is 26.1. The zero-order valence-electron chi connectivity index (χ0n) is 15.3. The molecular formula is C21H26N2O3. The first kappa shape index (κ1) is 17.3. The summed E-state index contributed by atoms with van der Waals surface area (Å²) in [5.41, 5.74) is 1.19. The van der Waals surface area contributed by atoms with Crippen LogP contribution in [0.15, 0.2) is 48.7 Å². The van der Waals surface area contributed by atoms with E-state index in [1.807, 2.05) is 24.3 Å². The van der Waals surface area contributed by atoms with E-state index in [0.717, 1.165) is 44.6 Å². The van der Waals surface area contributed by atoms with Gasteiger partial charge >= 0.3 is 0 Å². The van der Waals surface area contributed by atoms with Gasteiger partial charge in [0.05, 0.1) is 19.3 Å². The van der Waals surface area contributed by atoms with Crippen LogP contribution in [0.2, 0.25) is 0 Å². The summed E-state index contributed by atoms with van der Waals surface area (Å²) in [5.74, 6) is 1.59. The van der Waals surface area contributed by atoms with Crippen LogP contribution in [0.1, 0.15) is 24.8 Å². The van der Waals surface area contributed by atoms with Crippen LogP contribution in [0.4, 0.5) is 0 Å². The number of piperidine rings is 1. The van der Waals surface area contributed by atoms with Gasteiger partial charge in [-0.05, 0) is 43.1 Å². The lowest BCUT2D eigenvalue weighted by Crippen LogP contribution is -2.47. The van der Waals surface area contributed by atoms with Crippen molar-refractivity contribution < 1.29 is 14.2 Å². The summed E-state index contributed by atoms with van der Waals surface area (Å²) < 4.78 is 17.6. The number of methoxy groups -OCH3 is 1. The van der Waals surface area contributed by atoms with E-state index in [9.17, 15) is 0 Å². The third-order valence-corrected chi connectivity index (χ3v) is 5.26. The molecule has 0 bridgehead atoms. The predicted octanol–water partition coefficient (Wildman–Crippen LogP) is 3.29. The molecule has 0 amide bonds. The maximum absolute atomic E-state index is 6.26. The van der Waals surface area contributed by atoms with Crippen LogP contribution in [0, 0.1) is 0 Å². The van der Waals surface area contributed by atoms with E-state index in [2.05, 4.69) is 28.1 Å². The Hall–Kier alpha value is -2.11. The highest BCUT2D eigenvalue weighted by Gasteiger charge is 2.44. The third-order valence-electron chi connectivity index (χ3n) is 5.26. The van der Waals surface area contributed by atoms with Gasteiger partial charge in [-0.2, -0.15) is 0 Å². The Morgan fingerprint density at radius 1 is 1.27 bits per heavy atom. The van der Waals surface area contributed by atoms with Gasteiger partial charge in [-0.3, -0.25) is 4.90 Å². The van der Waals surface area contributed by atoms with Crippen LogP contribution in [-0.2, 0) is 11.3 Å². The van der Waals surface area contributed by atoms with Gasteiger partial charge in [0.1, 0.15) is 11.9 Å². The van der Waals surface area contributed by atoms with Crippen molar-refractivity contribution in [1.82, 2.24) is 9.88 Å². The van der Waals surface area contributed by atoms with Gasteiger partial charge < -0.3 is 14.2 Å². The maximum atomic E-state index is 6.26. The molecule has 5 heteroatoms. The van der Waals surface area contributed by atoms with E-state index >= 15 is 0 Å². The molecule has 1 aromatic heterocycles. The van der Waals surface area contributed by atoms with E-state index in [4.69, 9.17) is 14.2 Å². The molecule has 2 atom stereocenters. The number of hydrogen-bond donors (Lipinski definition) is 0. The van der Waals surface area contributed by atoms with Crippen LogP contribution in [0.5, 0.6) is 11.6 Å². The zero-order chi connectivity index (χ0) is 17.8. The molecule has 4 rings (SSSR count). The van der Waals surface area contributed by atoms with Crippen molar-refractivity contribution in [3.63, 3.8) is 0 Å². The quantitative estimate of drug-likeness (QED) is 0.824. The van der Waals surface area contributed by atoms with Gasteiger partial charge in [0.25, 0.3) is 0 Å². The van der Waals surface area contributed by atoms with Crippen molar-refractivity contribution in [3.8, 4) is 11.6 Å². The van der Waals surface area contributed by atoms with Gasteiger partial charge in [-0.15, -0.1) is 0 Å². The highest BCUT2D eigenvalue weighted by atomic mass is 16.6. The molecule has 0 saturated carbocycles. The number of likely N-dealkylation sites (tertiary alicyclic amines) is 1. The van der Waals surface area contributed by atoms with E-state index in [-0.39, 0.29) is 11.7 Å². The minimum Gasteiger partial charge on any atom is -0.497 e. The van der Waals surface area contributed by atoms with Crippen molar-refractivity contribution in [2.24, 2.45) is 0 Å². The maximum Gasteiger partial charge on any atom is 0.213 e. The number of hydrogen-bond acceptors (Lipinski definition) is 5. The van der Waals surface area contributed by atoms with Gasteiger partial charge in [-0.1, -0.05) is 18.2 Å². The summed E-state index contributed by atoms with van der Waals surface area (Å²) in [6.07, 6.45) is 5.03. The second-order valence-electron chi connectivity index (χ2n) is 7.27. The van der Waals surface area contributed by atoms with Crippen LogP contribution < -0.4 is 9.47 Å². The summed E-state index contributed by atoms with van der Waals surface area (Å²) >= 11 is 0. The third kappa shape index (κ3) is 4.00. The second kappa shape index (κ2) is 7.64. The van der Waals surface area contributed by atoms with Crippen molar-refractivity contribution in [2.75, 3.05) is 26.8 Å². The van der Waals surface area contributed by atoms with Gasteiger partial charge in [0, 0.05) is 31.8 Å². The Morgan fingerprint density at radius 3 is 3.08 bits per heavy atom. The number of aromatic nitrogens is 1. The van der Waals surface area contributed by atoms with Crippen LogP contribution in [0.3, 0.4) is 0 Å². The van der Waals surface area contributed by atoms with Crippen molar-refractivity contribution in [1.29, 1.82) is 0 Å². The lowest BCUT2D eigenvalue weighted by Gasteiger charge is -2.39. The Labute approximate surface area is 154 Å². The van der Waals surface area contributed by atoms with Gasteiger partial charge in [0.15, 0.2) is 0 Å². The summed E-state index contributed by atoms with van der Waals surface area (Å²) in [6, 6.07) is 14.1. The number of nitrogens with zero attached hydrogens (tertiary/aromatic N) is 2. The molecular weight excluding hydrogens is 328 g/mol. The number of rotatable bonds is 5. The average Bonchev–Trinajstić information content (AvgIpc) is 3.04. The molecule has 2 aromatic rings. The van der Waals surface area contributed by atoms with Gasteiger partial charge in [0.2, 0.25) is 5.88 Å². The van der Waals surface area contributed by atoms with Crippen LogP contribution in [-0.4, -0.2) is 48.4 Å². The fraction of sp³-hybridized carbons (Fsp3) is 0.476. The molecule has 2 aliphatic heterocycles. The highest BCUT2D eigenvalue weighted by molar-refractivity contribution is 5.28. The van der Waals surface area contributed by atoms with Crippen molar-refractivity contribution >= 4 is 0 Å². The standard InChI is InChI=1S/C21H26N2O3/c1-24-18-7-4-6-17(12-18)14-23-11-5-9-21(16-23)13-19(15-25-21)26-20-8-2-3-10-22-20/h2-4,6-8,10,12,19H,5,9,11,13-16H2,1H3/t19-,21-/m1/s1. The second-order valence-corrected chi connectivity index (χ2v) is 7.27. The molecule has 1 aromatic carbocycles. The average molecular weight is 354 g/mol. The lowest BCUT2D eigenvalue weighted by atomic mass is 9.89. The number of pyridine rings is 1. The Bertz CT molecular complexity index is 724. The van der Waals surface area contributed by atoms with E-state index in [1.165, 1.54) is 5.56 Å². The summed E-state index contributed by atoms with van der Waals surface area (Å²) in [6.45, 7) is 3.62. The summed E-state index contributed by atoms with van der Waals surface area (Å²) in [5, 5.41) is 0. The fourth-order valence-electron chi connectivity index (χ4n) is 4.10. The van der Waals surface area contributed by atoms with Crippen LogP contribution in [0.25, 0.3) is 0 Å². The van der Waals surface area contributed by atoms with Crippen molar-refractivity contribution in [2.45, 2.75) is 37.5 Å².